The van der Waals surface area contributed by atoms with Gasteiger partial charge in [-0.25, -0.2) is 0 Å². The average Bonchev–Trinajstić information content (AvgIpc) is 2.66. The van der Waals surface area contributed by atoms with Crippen molar-refractivity contribution < 1.29 is 14.3 Å². The van der Waals surface area contributed by atoms with E-state index in [1.807, 2.05) is 0 Å². The maximum Gasteiger partial charge on any atom is 0.153 e. The summed E-state index contributed by atoms with van der Waals surface area (Å²) in [5, 5.41) is -1.28. The predicted octanol–water partition coefficient (Wildman–Crippen LogP) is 6.86. The fraction of sp³-hybridized carbons (Fsp3) is 0.909. The molecule has 5 heteroatoms. The molecule has 0 aliphatic rings. The number of alkyl halides is 2. The number of halogens is 2. The zero-order valence-corrected chi connectivity index (χ0v) is 19.0. The molecule has 0 aromatic carbocycles. The van der Waals surface area contributed by atoms with Crippen molar-refractivity contribution in [3.05, 3.63) is 0 Å². The number of carbonyl (C=O) groups is 2. The van der Waals surface area contributed by atoms with Crippen LogP contribution in [-0.2, 0) is 14.3 Å². The van der Waals surface area contributed by atoms with Crippen molar-refractivity contribution in [3.63, 3.8) is 0 Å². The van der Waals surface area contributed by atoms with Crippen LogP contribution in [0.1, 0.15) is 104 Å². The van der Waals surface area contributed by atoms with Crippen molar-refractivity contribution in [2.75, 3.05) is 13.2 Å². The molecule has 27 heavy (non-hydrogen) atoms. The van der Waals surface area contributed by atoms with Crippen LogP contribution in [0.2, 0.25) is 0 Å². The monoisotopic (exact) mass is 422 g/mol. The molecule has 0 bridgehead atoms. The lowest BCUT2D eigenvalue weighted by atomic mass is 10.1. The Morgan fingerprint density at radius 3 is 1.33 bits per heavy atom. The molecular weight excluding hydrogens is 383 g/mol. The minimum absolute atomic E-state index is 0.0247. The largest absolute Gasteiger partial charge is 0.377 e. The zero-order chi connectivity index (χ0) is 20.3. The number of carbonyl (C=O) groups excluding carboxylic acids is 2. The van der Waals surface area contributed by atoms with E-state index in [-0.39, 0.29) is 24.8 Å². The predicted molar refractivity (Wildman–Crippen MR) is 116 cm³/mol. The van der Waals surface area contributed by atoms with E-state index in [2.05, 4.69) is 13.8 Å². The van der Waals surface area contributed by atoms with E-state index >= 15 is 0 Å². The van der Waals surface area contributed by atoms with Crippen molar-refractivity contribution in [1.29, 1.82) is 0 Å². The quantitative estimate of drug-likeness (QED) is 0.159. The summed E-state index contributed by atoms with van der Waals surface area (Å²) < 4.78 is 5.41. The molecule has 0 aromatic heterocycles. The van der Waals surface area contributed by atoms with Gasteiger partial charge in [0.2, 0.25) is 0 Å². The van der Waals surface area contributed by atoms with Crippen molar-refractivity contribution in [3.8, 4) is 0 Å². The van der Waals surface area contributed by atoms with E-state index in [1.165, 1.54) is 51.4 Å². The molecule has 0 fully saturated rings. The second-order valence-electron chi connectivity index (χ2n) is 7.44. The average molecular weight is 423 g/mol. The summed E-state index contributed by atoms with van der Waals surface area (Å²) >= 11 is 12.2. The van der Waals surface area contributed by atoms with Gasteiger partial charge in [0.25, 0.3) is 0 Å². The van der Waals surface area contributed by atoms with E-state index in [0.29, 0.717) is 12.8 Å². The molecule has 0 spiro atoms. The Morgan fingerprint density at radius 2 is 0.963 bits per heavy atom. The van der Waals surface area contributed by atoms with Crippen LogP contribution in [-0.4, -0.2) is 35.5 Å². The lowest BCUT2D eigenvalue weighted by Gasteiger charge is -2.12. The van der Waals surface area contributed by atoms with Gasteiger partial charge in [0.15, 0.2) is 11.6 Å². The van der Waals surface area contributed by atoms with Gasteiger partial charge in [-0.15, -0.1) is 23.2 Å². The van der Waals surface area contributed by atoms with Gasteiger partial charge in [-0.3, -0.25) is 9.59 Å². The standard InChI is InChI=1S/C22H40Cl2O3/c1-3-5-7-9-11-13-15-21(25)19(23)17-27-18-20(24)22(26)16-14-12-10-8-6-4-2/h19-20H,3-18H2,1-2H3. The van der Waals surface area contributed by atoms with Gasteiger partial charge >= 0.3 is 0 Å². The molecular formula is C22H40Cl2O3. The molecule has 0 saturated heterocycles. The van der Waals surface area contributed by atoms with Gasteiger partial charge < -0.3 is 4.74 Å². The maximum atomic E-state index is 12.0. The minimum atomic E-state index is -0.641. The topological polar surface area (TPSA) is 43.4 Å². The summed E-state index contributed by atoms with van der Waals surface area (Å²) in [7, 11) is 0. The van der Waals surface area contributed by atoms with Crippen molar-refractivity contribution in [1.82, 2.24) is 0 Å². The van der Waals surface area contributed by atoms with Crippen LogP contribution >= 0.6 is 23.2 Å². The van der Waals surface area contributed by atoms with E-state index < -0.39 is 10.8 Å². The molecule has 3 nitrogen and oxygen atoms in total. The molecule has 0 heterocycles. The normalized spacial score (nSPS) is 13.5. The van der Waals surface area contributed by atoms with Gasteiger partial charge in [0.05, 0.1) is 13.2 Å². The third-order valence-electron chi connectivity index (χ3n) is 4.78. The highest BCUT2D eigenvalue weighted by Crippen LogP contribution is 2.13. The third kappa shape index (κ3) is 16.5. The second kappa shape index (κ2) is 19.2. The van der Waals surface area contributed by atoms with E-state index in [4.69, 9.17) is 27.9 Å². The van der Waals surface area contributed by atoms with E-state index in [0.717, 1.165) is 25.7 Å². The van der Waals surface area contributed by atoms with Crippen molar-refractivity contribution in [2.45, 2.75) is 114 Å². The van der Waals surface area contributed by atoms with Gasteiger partial charge in [-0.1, -0.05) is 78.1 Å². The summed E-state index contributed by atoms with van der Waals surface area (Å²) in [6.45, 7) is 4.64. The Balaban J connectivity index is 3.68. The van der Waals surface area contributed by atoms with Crippen LogP contribution in [0.4, 0.5) is 0 Å². The fourth-order valence-corrected chi connectivity index (χ4v) is 3.33. The zero-order valence-electron chi connectivity index (χ0n) is 17.4. The van der Waals surface area contributed by atoms with E-state index in [9.17, 15) is 9.59 Å². The number of unbranched alkanes of at least 4 members (excludes halogenated alkanes) is 10. The molecule has 160 valence electrons. The summed E-state index contributed by atoms with van der Waals surface area (Å²) in [6, 6.07) is 0. The van der Waals surface area contributed by atoms with Crippen molar-refractivity contribution >= 4 is 34.8 Å². The van der Waals surface area contributed by atoms with Crippen LogP contribution in [0, 0.1) is 0 Å². The molecule has 0 amide bonds. The number of hydrogen-bond acceptors (Lipinski definition) is 3. The molecule has 0 rings (SSSR count). The Bertz CT molecular complexity index is 341. The SMILES string of the molecule is CCCCCCCCC(=O)C(Cl)COCC(Cl)C(=O)CCCCCCCC. The van der Waals surface area contributed by atoms with Gasteiger partial charge in [-0.2, -0.15) is 0 Å². The highest BCUT2D eigenvalue weighted by molar-refractivity contribution is 6.31. The van der Waals surface area contributed by atoms with Gasteiger partial charge in [0, 0.05) is 12.8 Å². The fourth-order valence-electron chi connectivity index (χ4n) is 2.93. The number of hydrogen-bond donors (Lipinski definition) is 0. The number of rotatable bonds is 20. The van der Waals surface area contributed by atoms with Gasteiger partial charge in [0.1, 0.15) is 10.8 Å². The van der Waals surface area contributed by atoms with Crippen LogP contribution in [0.3, 0.4) is 0 Å². The molecule has 0 aliphatic carbocycles. The van der Waals surface area contributed by atoms with E-state index in [1.54, 1.807) is 0 Å². The first-order valence-electron chi connectivity index (χ1n) is 10.9. The Hall–Kier alpha value is -0.120. The second-order valence-corrected chi connectivity index (χ2v) is 8.49. The molecule has 0 saturated carbocycles. The van der Waals surface area contributed by atoms with Crippen LogP contribution in [0.25, 0.3) is 0 Å². The Kier molecular flexibility index (Phi) is 19.1. The van der Waals surface area contributed by atoms with Crippen LogP contribution < -0.4 is 0 Å². The summed E-state index contributed by atoms with van der Waals surface area (Å²) in [6.07, 6.45) is 14.7. The first-order chi connectivity index (χ1) is 13.0. The van der Waals surface area contributed by atoms with Crippen LogP contribution in [0.15, 0.2) is 0 Å². The highest BCUT2D eigenvalue weighted by atomic mass is 35.5. The maximum absolute atomic E-state index is 12.0. The summed E-state index contributed by atoms with van der Waals surface area (Å²) in [5.74, 6) is 0.0494. The lowest BCUT2D eigenvalue weighted by molar-refractivity contribution is -0.120. The van der Waals surface area contributed by atoms with Crippen LogP contribution in [0.5, 0.6) is 0 Å². The van der Waals surface area contributed by atoms with Crippen molar-refractivity contribution in [2.24, 2.45) is 0 Å². The first-order valence-corrected chi connectivity index (χ1v) is 11.8. The number of ether oxygens (including phenoxy) is 1. The molecule has 0 radical (unpaired) electrons. The lowest BCUT2D eigenvalue weighted by Crippen LogP contribution is -2.25. The smallest absolute Gasteiger partial charge is 0.153 e. The Morgan fingerprint density at radius 1 is 0.630 bits per heavy atom. The number of ketones is 2. The minimum Gasteiger partial charge on any atom is -0.377 e. The first kappa shape index (κ1) is 26.9. The number of Topliss-reactive ketones (excluding diaryl/α,β-unsaturated/α-hetero) is 2. The Labute approximate surface area is 176 Å². The molecule has 0 aromatic rings. The highest BCUT2D eigenvalue weighted by Gasteiger charge is 2.18. The summed E-state index contributed by atoms with van der Waals surface area (Å²) in [5.41, 5.74) is 0. The molecule has 2 atom stereocenters. The molecule has 2 unspecified atom stereocenters. The van der Waals surface area contributed by atoms with Gasteiger partial charge in [-0.05, 0) is 12.8 Å². The summed E-state index contributed by atoms with van der Waals surface area (Å²) in [4.78, 5) is 24.0. The molecule has 0 N–H and O–H groups in total. The molecule has 0 aliphatic heterocycles. The third-order valence-corrected chi connectivity index (χ3v) is 5.52.